The van der Waals surface area contributed by atoms with Gasteiger partial charge in [-0.05, 0) is 19.9 Å². The van der Waals surface area contributed by atoms with Crippen LogP contribution in [0.4, 0.5) is 4.79 Å². The molecule has 1 heterocycles. The Hall–Kier alpha value is -2.24. The van der Waals surface area contributed by atoms with E-state index in [9.17, 15) is 9.59 Å². The zero-order valence-corrected chi connectivity index (χ0v) is 11.3. The summed E-state index contributed by atoms with van der Waals surface area (Å²) < 4.78 is 5.26. The number of amides is 2. The van der Waals surface area contributed by atoms with Crippen molar-refractivity contribution in [3.8, 4) is 0 Å². The number of carboxylic acid groups (broad SMARTS) is 1. The Morgan fingerprint density at radius 3 is 2.63 bits per heavy atom. The third-order valence-corrected chi connectivity index (χ3v) is 2.47. The number of likely N-dealkylation sites (N-methyl/N-ethyl adjacent to an activating group) is 1. The number of aryl methyl sites for hydroxylation is 1. The molecule has 0 saturated heterocycles. The van der Waals surface area contributed by atoms with Crippen molar-refractivity contribution in [2.45, 2.75) is 20.4 Å². The van der Waals surface area contributed by atoms with Gasteiger partial charge in [0.1, 0.15) is 17.1 Å². The van der Waals surface area contributed by atoms with Gasteiger partial charge in [0.05, 0.1) is 6.54 Å². The average molecular weight is 266 g/mol. The van der Waals surface area contributed by atoms with Gasteiger partial charge in [-0.1, -0.05) is 12.2 Å². The number of furan rings is 1. The molecule has 104 valence electrons. The van der Waals surface area contributed by atoms with Crippen LogP contribution in [0.2, 0.25) is 0 Å². The van der Waals surface area contributed by atoms with Crippen LogP contribution in [0.25, 0.3) is 0 Å². The van der Waals surface area contributed by atoms with Crippen LogP contribution in [-0.2, 0) is 6.54 Å². The Morgan fingerprint density at radius 2 is 2.16 bits per heavy atom. The number of hydrogen-bond donors (Lipinski definition) is 2. The number of urea groups is 1. The molecule has 19 heavy (non-hydrogen) atoms. The first kappa shape index (κ1) is 14.8. The summed E-state index contributed by atoms with van der Waals surface area (Å²) in [5.74, 6) is -0.308. The molecule has 0 aliphatic carbocycles. The molecule has 0 aliphatic rings. The summed E-state index contributed by atoms with van der Waals surface area (Å²) in [7, 11) is 1.65. The Balaban J connectivity index is 2.57. The number of carbonyl (C=O) groups excluding carboxylic acids is 1. The monoisotopic (exact) mass is 266 g/mol. The highest BCUT2D eigenvalue weighted by Gasteiger charge is 2.15. The third kappa shape index (κ3) is 4.17. The fraction of sp³-hybridized carbons (Fsp3) is 0.385. The van der Waals surface area contributed by atoms with E-state index in [-0.39, 0.29) is 18.1 Å². The highest BCUT2D eigenvalue weighted by atomic mass is 16.4. The summed E-state index contributed by atoms with van der Waals surface area (Å²) in [6, 6.07) is 1.14. The number of hydrogen-bond acceptors (Lipinski definition) is 3. The maximum atomic E-state index is 11.7. The van der Waals surface area contributed by atoms with Crippen molar-refractivity contribution < 1.29 is 19.1 Å². The van der Waals surface area contributed by atoms with Crippen LogP contribution in [0.1, 0.15) is 28.8 Å². The van der Waals surface area contributed by atoms with Gasteiger partial charge in [-0.15, -0.1) is 0 Å². The van der Waals surface area contributed by atoms with E-state index in [4.69, 9.17) is 9.52 Å². The third-order valence-electron chi connectivity index (χ3n) is 2.47. The van der Waals surface area contributed by atoms with Crippen molar-refractivity contribution in [2.75, 3.05) is 13.6 Å². The Bertz CT molecular complexity index is 505. The van der Waals surface area contributed by atoms with E-state index in [0.29, 0.717) is 18.1 Å². The first-order valence-corrected chi connectivity index (χ1v) is 5.77. The van der Waals surface area contributed by atoms with Crippen molar-refractivity contribution in [3.63, 3.8) is 0 Å². The summed E-state index contributed by atoms with van der Waals surface area (Å²) >= 11 is 0. The highest BCUT2D eigenvalue weighted by molar-refractivity contribution is 5.88. The van der Waals surface area contributed by atoms with E-state index in [1.54, 1.807) is 14.0 Å². The smallest absolute Gasteiger partial charge is 0.339 e. The molecule has 6 nitrogen and oxygen atoms in total. The molecular formula is C13H18N2O4. The number of aromatic carboxylic acids is 1. The van der Waals surface area contributed by atoms with Gasteiger partial charge in [0.2, 0.25) is 0 Å². The fourth-order valence-corrected chi connectivity index (χ4v) is 1.62. The molecule has 0 radical (unpaired) electrons. The number of nitrogens with zero attached hydrogens (tertiary/aromatic N) is 1. The second-order valence-electron chi connectivity index (χ2n) is 4.46. The van der Waals surface area contributed by atoms with Crippen LogP contribution in [0.3, 0.4) is 0 Å². The molecular weight excluding hydrogens is 248 g/mol. The maximum Gasteiger partial charge on any atom is 0.339 e. The molecule has 2 N–H and O–H groups in total. The molecule has 0 bridgehead atoms. The van der Waals surface area contributed by atoms with Crippen LogP contribution in [0, 0.1) is 6.92 Å². The average Bonchev–Trinajstić information content (AvgIpc) is 2.66. The van der Waals surface area contributed by atoms with E-state index in [1.807, 2.05) is 6.92 Å². The second kappa shape index (κ2) is 6.08. The molecule has 1 rings (SSSR count). The van der Waals surface area contributed by atoms with E-state index >= 15 is 0 Å². The summed E-state index contributed by atoms with van der Waals surface area (Å²) in [6.45, 7) is 7.74. The zero-order valence-electron chi connectivity index (χ0n) is 11.3. The first-order valence-electron chi connectivity index (χ1n) is 5.77. The minimum absolute atomic E-state index is 0.111. The lowest BCUT2D eigenvalue weighted by Crippen LogP contribution is -2.37. The van der Waals surface area contributed by atoms with Crippen molar-refractivity contribution in [1.82, 2.24) is 10.2 Å². The van der Waals surface area contributed by atoms with Gasteiger partial charge in [-0.3, -0.25) is 0 Å². The molecule has 0 saturated carbocycles. The largest absolute Gasteiger partial charge is 0.478 e. The molecule has 0 unspecified atom stereocenters. The molecule has 6 heteroatoms. The summed E-state index contributed by atoms with van der Waals surface area (Å²) in [6.07, 6.45) is 0. The number of carboxylic acids is 1. The minimum Gasteiger partial charge on any atom is -0.478 e. The number of rotatable bonds is 5. The maximum absolute atomic E-state index is 11.7. The molecule has 1 aromatic heterocycles. The summed E-state index contributed by atoms with van der Waals surface area (Å²) in [5, 5.41) is 11.5. The van der Waals surface area contributed by atoms with Crippen molar-refractivity contribution >= 4 is 12.0 Å². The van der Waals surface area contributed by atoms with Gasteiger partial charge in [0.15, 0.2) is 0 Å². The van der Waals surface area contributed by atoms with Crippen LogP contribution >= 0.6 is 0 Å². The van der Waals surface area contributed by atoms with Gasteiger partial charge in [0, 0.05) is 13.6 Å². The second-order valence-corrected chi connectivity index (χ2v) is 4.46. The van der Waals surface area contributed by atoms with Crippen LogP contribution in [0.15, 0.2) is 22.6 Å². The van der Waals surface area contributed by atoms with Crippen LogP contribution in [-0.4, -0.2) is 35.6 Å². The van der Waals surface area contributed by atoms with Gasteiger partial charge >= 0.3 is 12.0 Å². The van der Waals surface area contributed by atoms with Gasteiger partial charge in [0.25, 0.3) is 0 Å². The lowest BCUT2D eigenvalue weighted by atomic mass is 10.2. The normalized spacial score (nSPS) is 10.1. The van der Waals surface area contributed by atoms with Gasteiger partial charge in [-0.25, -0.2) is 9.59 Å². The highest BCUT2D eigenvalue weighted by Crippen LogP contribution is 2.14. The molecule has 0 aliphatic heterocycles. The van der Waals surface area contributed by atoms with Gasteiger partial charge in [-0.2, -0.15) is 0 Å². The summed E-state index contributed by atoms with van der Waals surface area (Å²) in [4.78, 5) is 24.0. The van der Waals surface area contributed by atoms with Crippen LogP contribution in [0.5, 0.6) is 0 Å². The SMILES string of the molecule is C=C(C)CN(C)C(=O)NCc1cc(C(=O)O)c(C)o1. The van der Waals surface area contributed by atoms with Crippen LogP contribution < -0.4 is 5.32 Å². The fourth-order valence-electron chi connectivity index (χ4n) is 1.62. The molecule has 1 aromatic rings. The molecule has 0 atom stereocenters. The quantitative estimate of drug-likeness (QED) is 0.798. The van der Waals surface area contributed by atoms with Crippen molar-refractivity contribution in [1.29, 1.82) is 0 Å². The summed E-state index contributed by atoms with van der Waals surface area (Å²) in [5.41, 5.74) is 0.985. The van der Waals surface area contributed by atoms with E-state index in [0.717, 1.165) is 5.57 Å². The minimum atomic E-state index is -1.04. The Kier molecular flexibility index (Phi) is 4.74. The van der Waals surface area contributed by atoms with Crippen molar-refractivity contribution in [3.05, 3.63) is 35.3 Å². The van der Waals surface area contributed by atoms with Gasteiger partial charge < -0.3 is 19.7 Å². The topological polar surface area (TPSA) is 82.8 Å². The van der Waals surface area contributed by atoms with E-state index in [2.05, 4.69) is 11.9 Å². The Morgan fingerprint density at radius 1 is 1.53 bits per heavy atom. The first-order chi connectivity index (χ1) is 8.81. The molecule has 0 aromatic carbocycles. The molecule has 0 spiro atoms. The zero-order chi connectivity index (χ0) is 14.6. The molecule has 0 fully saturated rings. The lowest BCUT2D eigenvalue weighted by Gasteiger charge is -2.17. The lowest BCUT2D eigenvalue weighted by molar-refractivity contribution is 0.0695. The van der Waals surface area contributed by atoms with E-state index < -0.39 is 5.97 Å². The molecule has 2 amide bonds. The number of nitrogens with one attached hydrogen (secondary N) is 1. The predicted octanol–water partition coefficient (Wildman–Crippen LogP) is 2.00. The Labute approximate surface area is 111 Å². The van der Waals surface area contributed by atoms with Crippen molar-refractivity contribution in [2.24, 2.45) is 0 Å². The standard InChI is InChI=1S/C13H18N2O4/c1-8(2)7-15(4)13(18)14-6-10-5-11(12(16)17)9(3)19-10/h5H,1,6-7H2,2-4H3,(H,14,18)(H,16,17). The predicted molar refractivity (Wildman–Crippen MR) is 70.1 cm³/mol. The number of carbonyl (C=O) groups is 2. The van der Waals surface area contributed by atoms with E-state index in [1.165, 1.54) is 11.0 Å².